The van der Waals surface area contributed by atoms with E-state index in [1.807, 2.05) is 40.1 Å². The Morgan fingerprint density at radius 3 is 2.16 bits per heavy atom. The zero-order valence-electron chi connectivity index (χ0n) is 19.1. The van der Waals surface area contributed by atoms with Gasteiger partial charge in [0.1, 0.15) is 5.75 Å². The van der Waals surface area contributed by atoms with Crippen LogP contribution in [-0.2, 0) is 11.2 Å². The average Bonchev–Trinajstić information content (AvgIpc) is 2.84. The Hall–Kier alpha value is -3.02. The van der Waals surface area contributed by atoms with Crippen molar-refractivity contribution in [2.24, 2.45) is 5.92 Å². The fraction of sp³-hybridized carbons (Fsp3) is 0.462. The fourth-order valence-corrected chi connectivity index (χ4v) is 4.79. The van der Waals surface area contributed by atoms with Gasteiger partial charge in [-0.2, -0.15) is 0 Å². The minimum Gasteiger partial charge on any atom is -0.495 e. The maximum absolute atomic E-state index is 13.0. The van der Waals surface area contributed by atoms with Crippen LogP contribution in [0.15, 0.2) is 48.5 Å². The first kappa shape index (κ1) is 22.2. The molecule has 2 aliphatic rings. The molecule has 0 bridgehead atoms. The second kappa shape index (κ2) is 10.1. The van der Waals surface area contributed by atoms with Gasteiger partial charge in [-0.05, 0) is 55.0 Å². The van der Waals surface area contributed by atoms with Gasteiger partial charge in [-0.1, -0.05) is 24.3 Å². The number of hydrogen-bond donors (Lipinski definition) is 0. The first-order chi connectivity index (χ1) is 15.5. The lowest BCUT2D eigenvalue weighted by Gasteiger charge is -2.36. The van der Waals surface area contributed by atoms with Crippen molar-refractivity contribution in [1.82, 2.24) is 9.80 Å². The van der Waals surface area contributed by atoms with Gasteiger partial charge in [0.15, 0.2) is 0 Å². The first-order valence-corrected chi connectivity index (χ1v) is 11.6. The third kappa shape index (κ3) is 5.06. The molecule has 6 nitrogen and oxygen atoms in total. The fourth-order valence-electron chi connectivity index (χ4n) is 4.79. The number of methoxy groups -OCH3 is 1. The Balaban J connectivity index is 1.29. The van der Waals surface area contributed by atoms with E-state index in [1.165, 1.54) is 5.56 Å². The van der Waals surface area contributed by atoms with Gasteiger partial charge < -0.3 is 19.4 Å². The van der Waals surface area contributed by atoms with Gasteiger partial charge in [-0.25, -0.2) is 0 Å². The van der Waals surface area contributed by atoms with E-state index in [-0.39, 0.29) is 11.8 Å². The Kier molecular flexibility index (Phi) is 6.98. The number of amides is 2. The smallest absolute Gasteiger partial charge is 0.253 e. The van der Waals surface area contributed by atoms with Crippen molar-refractivity contribution in [3.8, 4) is 5.75 Å². The van der Waals surface area contributed by atoms with E-state index >= 15 is 0 Å². The molecule has 170 valence electrons. The van der Waals surface area contributed by atoms with Gasteiger partial charge >= 0.3 is 0 Å². The summed E-state index contributed by atoms with van der Waals surface area (Å²) < 4.78 is 5.48. The molecule has 2 aromatic carbocycles. The number of likely N-dealkylation sites (tertiary alicyclic amines) is 1. The molecule has 0 N–H and O–H groups in total. The van der Waals surface area contributed by atoms with Crippen LogP contribution in [0.5, 0.6) is 5.75 Å². The zero-order chi connectivity index (χ0) is 22.5. The Bertz CT molecular complexity index is 928. The number of piperazine rings is 1. The summed E-state index contributed by atoms with van der Waals surface area (Å²) in [6.07, 6.45) is 3.12. The monoisotopic (exact) mass is 435 g/mol. The minimum absolute atomic E-state index is 0.103. The van der Waals surface area contributed by atoms with Crippen LogP contribution in [0.4, 0.5) is 5.69 Å². The number of carbonyl (C=O) groups is 2. The molecular weight excluding hydrogens is 402 g/mol. The summed E-state index contributed by atoms with van der Waals surface area (Å²) in [6, 6.07) is 16.2. The summed E-state index contributed by atoms with van der Waals surface area (Å²) in [7, 11) is 1.69. The highest BCUT2D eigenvalue weighted by molar-refractivity contribution is 5.94. The molecule has 0 saturated carbocycles. The summed E-state index contributed by atoms with van der Waals surface area (Å²) in [5.74, 6) is 1.76. The third-order valence-electron chi connectivity index (χ3n) is 6.78. The summed E-state index contributed by atoms with van der Waals surface area (Å²) in [5, 5.41) is 0. The van der Waals surface area contributed by atoms with E-state index in [1.54, 1.807) is 14.0 Å². The Morgan fingerprint density at radius 2 is 1.53 bits per heavy atom. The van der Waals surface area contributed by atoms with E-state index in [4.69, 9.17) is 4.74 Å². The Morgan fingerprint density at radius 1 is 0.875 bits per heavy atom. The van der Waals surface area contributed by atoms with Crippen molar-refractivity contribution in [2.45, 2.75) is 26.2 Å². The number of rotatable bonds is 5. The topological polar surface area (TPSA) is 53.1 Å². The predicted octanol–water partition coefficient (Wildman–Crippen LogP) is 3.46. The third-order valence-corrected chi connectivity index (χ3v) is 6.78. The van der Waals surface area contributed by atoms with Crippen molar-refractivity contribution in [3.05, 3.63) is 59.7 Å². The van der Waals surface area contributed by atoms with Crippen molar-refractivity contribution in [1.29, 1.82) is 0 Å². The predicted molar refractivity (Wildman–Crippen MR) is 126 cm³/mol. The number of nitrogens with zero attached hydrogens (tertiary/aromatic N) is 3. The normalized spacial score (nSPS) is 17.4. The van der Waals surface area contributed by atoms with Gasteiger partial charge in [-0.15, -0.1) is 0 Å². The summed E-state index contributed by atoms with van der Waals surface area (Å²) in [4.78, 5) is 30.7. The zero-order valence-corrected chi connectivity index (χ0v) is 19.1. The molecule has 0 spiro atoms. The molecule has 2 fully saturated rings. The molecule has 32 heavy (non-hydrogen) atoms. The molecule has 2 aliphatic heterocycles. The second-order valence-corrected chi connectivity index (χ2v) is 8.80. The molecule has 0 aliphatic carbocycles. The van der Waals surface area contributed by atoms with E-state index in [0.29, 0.717) is 19.0 Å². The molecule has 4 rings (SSSR count). The molecule has 0 radical (unpaired) electrons. The van der Waals surface area contributed by atoms with Crippen LogP contribution in [0.1, 0.15) is 35.7 Å². The molecule has 6 heteroatoms. The molecule has 2 saturated heterocycles. The van der Waals surface area contributed by atoms with Crippen LogP contribution < -0.4 is 9.64 Å². The molecule has 0 aromatic heterocycles. The lowest BCUT2D eigenvalue weighted by Crippen LogP contribution is -2.48. The molecular formula is C26H33N3O3. The number of hydrogen-bond acceptors (Lipinski definition) is 4. The van der Waals surface area contributed by atoms with E-state index in [0.717, 1.165) is 62.4 Å². The SMILES string of the molecule is COc1ccccc1N1CCN(C(=O)c2ccc(CC3CCN(C(C)=O)CC3)cc2)CC1. The van der Waals surface area contributed by atoms with Crippen molar-refractivity contribution >= 4 is 17.5 Å². The summed E-state index contributed by atoms with van der Waals surface area (Å²) in [5.41, 5.74) is 3.11. The molecule has 2 aromatic rings. The average molecular weight is 436 g/mol. The van der Waals surface area contributed by atoms with E-state index < -0.39 is 0 Å². The highest BCUT2D eigenvalue weighted by Gasteiger charge is 2.24. The van der Waals surface area contributed by atoms with Crippen LogP contribution in [0.25, 0.3) is 0 Å². The maximum atomic E-state index is 13.0. The summed E-state index contributed by atoms with van der Waals surface area (Å²) in [6.45, 7) is 6.36. The number of para-hydroxylation sites is 2. The molecule has 2 amide bonds. The second-order valence-electron chi connectivity index (χ2n) is 8.80. The number of benzene rings is 2. The number of piperidine rings is 1. The highest BCUT2D eigenvalue weighted by Crippen LogP contribution is 2.28. The van der Waals surface area contributed by atoms with Crippen LogP contribution in [0.2, 0.25) is 0 Å². The standard InChI is InChI=1S/C26H33N3O3/c1-20(30)27-13-11-22(12-14-27)19-21-7-9-23(10-8-21)26(31)29-17-15-28(16-18-29)24-5-3-4-6-25(24)32-2/h3-10,22H,11-19H2,1-2H3. The van der Waals surface area contributed by atoms with Gasteiger partial charge in [-0.3, -0.25) is 9.59 Å². The van der Waals surface area contributed by atoms with E-state index in [2.05, 4.69) is 23.1 Å². The van der Waals surface area contributed by atoms with Crippen molar-refractivity contribution in [2.75, 3.05) is 51.3 Å². The van der Waals surface area contributed by atoms with Gasteiger partial charge in [0, 0.05) is 51.8 Å². The van der Waals surface area contributed by atoms with Crippen LogP contribution >= 0.6 is 0 Å². The lowest BCUT2D eigenvalue weighted by molar-refractivity contribution is -0.130. The maximum Gasteiger partial charge on any atom is 0.253 e. The van der Waals surface area contributed by atoms with E-state index in [9.17, 15) is 9.59 Å². The lowest BCUT2D eigenvalue weighted by atomic mass is 9.90. The largest absolute Gasteiger partial charge is 0.495 e. The van der Waals surface area contributed by atoms with Gasteiger partial charge in [0.2, 0.25) is 5.91 Å². The van der Waals surface area contributed by atoms with Crippen LogP contribution in [0.3, 0.4) is 0 Å². The Labute approximate surface area is 190 Å². The van der Waals surface area contributed by atoms with Crippen LogP contribution in [0, 0.1) is 5.92 Å². The molecule has 0 unspecified atom stereocenters. The highest BCUT2D eigenvalue weighted by atomic mass is 16.5. The van der Waals surface area contributed by atoms with Crippen molar-refractivity contribution < 1.29 is 14.3 Å². The van der Waals surface area contributed by atoms with Gasteiger partial charge in [0.05, 0.1) is 12.8 Å². The van der Waals surface area contributed by atoms with Crippen molar-refractivity contribution in [3.63, 3.8) is 0 Å². The molecule has 0 atom stereocenters. The first-order valence-electron chi connectivity index (χ1n) is 11.6. The quantitative estimate of drug-likeness (QED) is 0.722. The number of ether oxygens (including phenoxy) is 1. The summed E-state index contributed by atoms with van der Waals surface area (Å²) >= 11 is 0. The van der Waals surface area contributed by atoms with Gasteiger partial charge in [0.25, 0.3) is 5.91 Å². The molecule has 2 heterocycles. The minimum atomic E-state index is 0.103. The number of carbonyl (C=O) groups excluding carboxylic acids is 2. The number of anilines is 1. The van der Waals surface area contributed by atoms with Crippen LogP contribution in [-0.4, -0.2) is 68.0 Å².